The summed E-state index contributed by atoms with van der Waals surface area (Å²) in [5, 5.41) is 12.3. The molecule has 0 heterocycles. The van der Waals surface area contributed by atoms with Gasteiger partial charge in [0.25, 0.3) is 5.91 Å². The van der Waals surface area contributed by atoms with E-state index >= 15 is 0 Å². The van der Waals surface area contributed by atoms with E-state index in [2.05, 4.69) is 26.1 Å². The molecule has 0 radical (unpaired) electrons. The zero-order valence-electron chi connectivity index (χ0n) is 11.4. The maximum Gasteiger partial charge on any atom is 0.258 e. The van der Waals surface area contributed by atoms with Crippen molar-refractivity contribution >= 4 is 11.9 Å². The lowest BCUT2D eigenvalue weighted by atomic mass is 9.87. The van der Waals surface area contributed by atoms with Gasteiger partial charge < -0.3 is 20.0 Å². The van der Waals surface area contributed by atoms with Gasteiger partial charge in [0, 0.05) is 0 Å². The van der Waals surface area contributed by atoms with Crippen LogP contribution in [0.4, 0.5) is 0 Å². The van der Waals surface area contributed by atoms with Crippen molar-refractivity contribution in [1.29, 1.82) is 0 Å². The number of nitrogens with one attached hydrogen (secondary N) is 1. The minimum Gasteiger partial charge on any atom is -0.548 e. The molecule has 0 atom stereocenters. The first-order valence-electron chi connectivity index (χ1n) is 5.99. The Kier molecular flexibility index (Phi) is 4.92. The molecule has 0 spiro atoms. The Morgan fingerprint density at radius 2 is 1.79 bits per heavy atom. The summed E-state index contributed by atoms with van der Waals surface area (Å²) >= 11 is 0. The molecular weight excluding hydrogens is 246 g/mol. The van der Waals surface area contributed by atoms with Gasteiger partial charge in [-0.25, -0.2) is 0 Å². The molecule has 0 aliphatic heterocycles. The Balaban J connectivity index is 2.46. The number of hydrogen-bond donors (Lipinski definition) is 1. The fraction of sp³-hybridized carbons (Fsp3) is 0.429. The van der Waals surface area contributed by atoms with Crippen LogP contribution in [0.3, 0.4) is 0 Å². The van der Waals surface area contributed by atoms with Gasteiger partial charge in [-0.1, -0.05) is 32.9 Å². The fourth-order valence-corrected chi connectivity index (χ4v) is 1.42. The van der Waals surface area contributed by atoms with Gasteiger partial charge in [0.1, 0.15) is 5.75 Å². The maximum atomic E-state index is 11.2. The molecular formula is C14H18NO4-. The topological polar surface area (TPSA) is 78.5 Å². The molecule has 0 saturated carbocycles. The molecule has 1 N–H and O–H groups in total. The van der Waals surface area contributed by atoms with Crippen LogP contribution in [0, 0.1) is 0 Å². The molecule has 0 saturated heterocycles. The third kappa shape index (κ3) is 5.42. The van der Waals surface area contributed by atoms with Crippen LogP contribution >= 0.6 is 0 Å². The van der Waals surface area contributed by atoms with E-state index < -0.39 is 18.4 Å². The average Bonchev–Trinajstić information content (AvgIpc) is 2.33. The summed E-state index contributed by atoms with van der Waals surface area (Å²) in [4.78, 5) is 21.4. The second-order valence-corrected chi connectivity index (χ2v) is 5.21. The van der Waals surface area contributed by atoms with Crippen molar-refractivity contribution in [2.75, 3.05) is 13.2 Å². The van der Waals surface area contributed by atoms with Gasteiger partial charge in [-0.05, 0) is 23.1 Å². The van der Waals surface area contributed by atoms with Crippen molar-refractivity contribution in [3.8, 4) is 5.75 Å². The lowest BCUT2D eigenvalue weighted by molar-refractivity contribution is -0.304. The van der Waals surface area contributed by atoms with Crippen LogP contribution in [-0.2, 0) is 15.0 Å². The lowest BCUT2D eigenvalue weighted by Crippen LogP contribution is -2.39. The third-order valence-corrected chi connectivity index (χ3v) is 2.52. The van der Waals surface area contributed by atoms with Crippen LogP contribution in [-0.4, -0.2) is 25.0 Å². The highest BCUT2D eigenvalue weighted by Crippen LogP contribution is 2.24. The van der Waals surface area contributed by atoms with Crippen LogP contribution in [0.25, 0.3) is 0 Å². The standard InChI is InChI=1S/C14H19NO4/c1-14(2,3)10-4-6-11(7-5-10)19-9-12(16)15-8-13(17)18/h4-7H,8-9H2,1-3H3,(H,15,16)(H,17,18)/p-1. The first-order chi connectivity index (χ1) is 8.79. The number of carboxylic acid groups (broad SMARTS) is 1. The normalized spacial score (nSPS) is 10.9. The molecule has 19 heavy (non-hydrogen) atoms. The van der Waals surface area contributed by atoms with Crippen molar-refractivity contribution in [3.63, 3.8) is 0 Å². The molecule has 5 heteroatoms. The highest BCUT2D eigenvalue weighted by Gasteiger charge is 2.13. The van der Waals surface area contributed by atoms with Gasteiger partial charge in [-0.15, -0.1) is 0 Å². The fourth-order valence-electron chi connectivity index (χ4n) is 1.42. The molecule has 1 aromatic carbocycles. The number of carbonyl (C=O) groups is 2. The van der Waals surface area contributed by atoms with E-state index in [4.69, 9.17) is 4.74 Å². The lowest BCUT2D eigenvalue weighted by Gasteiger charge is -2.19. The van der Waals surface area contributed by atoms with Gasteiger partial charge in [0.05, 0.1) is 12.5 Å². The zero-order valence-corrected chi connectivity index (χ0v) is 11.4. The van der Waals surface area contributed by atoms with Gasteiger partial charge in [0.2, 0.25) is 0 Å². The zero-order chi connectivity index (χ0) is 14.5. The van der Waals surface area contributed by atoms with E-state index in [1.807, 2.05) is 12.1 Å². The highest BCUT2D eigenvalue weighted by atomic mass is 16.5. The number of ether oxygens (including phenoxy) is 1. The van der Waals surface area contributed by atoms with E-state index in [1.165, 1.54) is 5.56 Å². The smallest absolute Gasteiger partial charge is 0.258 e. The molecule has 0 unspecified atom stereocenters. The summed E-state index contributed by atoms with van der Waals surface area (Å²) in [7, 11) is 0. The van der Waals surface area contributed by atoms with E-state index in [0.29, 0.717) is 5.75 Å². The first-order valence-corrected chi connectivity index (χ1v) is 5.99. The van der Waals surface area contributed by atoms with E-state index in [1.54, 1.807) is 12.1 Å². The Morgan fingerprint density at radius 3 is 2.26 bits per heavy atom. The number of aliphatic carboxylic acids is 1. The van der Waals surface area contributed by atoms with Crippen molar-refractivity contribution in [1.82, 2.24) is 5.32 Å². The summed E-state index contributed by atoms with van der Waals surface area (Å²) < 4.78 is 5.24. The second-order valence-electron chi connectivity index (χ2n) is 5.21. The van der Waals surface area contributed by atoms with Gasteiger partial charge >= 0.3 is 0 Å². The van der Waals surface area contributed by atoms with Crippen molar-refractivity contribution in [2.45, 2.75) is 26.2 Å². The average molecular weight is 264 g/mol. The Labute approximate surface area is 112 Å². The summed E-state index contributed by atoms with van der Waals surface area (Å²) in [6, 6.07) is 7.45. The molecule has 1 aromatic rings. The maximum absolute atomic E-state index is 11.2. The largest absolute Gasteiger partial charge is 0.548 e. The predicted molar refractivity (Wildman–Crippen MR) is 68.7 cm³/mol. The van der Waals surface area contributed by atoms with Crippen LogP contribution in [0.15, 0.2) is 24.3 Å². The van der Waals surface area contributed by atoms with Gasteiger partial charge in [-0.2, -0.15) is 0 Å². The number of benzene rings is 1. The van der Waals surface area contributed by atoms with Crippen LogP contribution in [0.2, 0.25) is 0 Å². The van der Waals surface area contributed by atoms with Gasteiger partial charge in [-0.3, -0.25) is 4.79 Å². The monoisotopic (exact) mass is 264 g/mol. The number of carbonyl (C=O) groups excluding carboxylic acids is 2. The molecule has 0 aliphatic rings. The summed E-state index contributed by atoms with van der Waals surface area (Å²) in [5.41, 5.74) is 1.23. The highest BCUT2D eigenvalue weighted by molar-refractivity contribution is 5.81. The van der Waals surface area contributed by atoms with Crippen LogP contribution < -0.4 is 15.2 Å². The molecule has 5 nitrogen and oxygen atoms in total. The van der Waals surface area contributed by atoms with Gasteiger partial charge in [0.15, 0.2) is 6.61 Å². The summed E-state index contributed by atoms with van der Waals surface area (Å²) in [6.07, 6.45) is 0. The van der Waals surface area contributed by atoms with Crippen molar-refractivity contribution in [3.05, 3.63) is 29.8 Å². The van der Waals surface area contributed by atoms with Crippen molar-refractivity contribution < 1.29 is 19.4 Å². The molecule has 1 rings (SSSR count). The molecule has 0 bridgehead atoms. The van der Waals surface area contributed by atoms with Crippen LogP contribution in [0.5, 0.6) is 5.75 Å². The summed E-state index contributed by atoms with van der Waals surface area (Å²) in [5.74, 6) is -1.26. The number of rotatable bonds is 5. The Bertz CT molecular complexity index is 446. The minimum absolute atomic E-state index is 0.0599. The predicted octanol–water partition coefficient (Wildman–Crippen LogP) is 0.229. The third-order valence-electron chi connectivity index (χ3n) is 2.52. The second kappa shape index (κ2) is 6.22. The molecule has 0 aromatic heterocycles. The Morgan fingerprint density at radius 1 is 1.21 bits per heavy atom. The molecule has 104 valence electrons. The quantitative estimate of drug-likeness (QED) is 0.825. The Hall–Kier alpha value is -2.04. The van der Waals surface area contributed by atoms with E-state index in [0.717, 1.165) is 0 Å². The van der Waals surface area contributed by atoms with Crippen molar-refractivity contribution in [2.24, 2.45) is 0 Å². The van der Waals surface area contributed by atoms with E-state index in [-0.39, 0.29) is 12.0 Å². The molecule has 1 amide bonds. The summed E-state index contributed by atoms with van der Waals surface area (Å²) in [6.45, 7) is 5.59. The number of carboxylic acids is 1. The van der Waals surface area contributed by atoms with Crippen LogP contribution in [0.1, 0.15) is 26.3 Å². The number of hydrogen-bond acceptors (Lipinski definition) is 4. The molecule has 0 fully saturated rings. The molecule has 0 aliphatic carbocycles. The number of amides is 1. The van der Waals surface area contributed by atoms with E-state index in [9.17, 15) is 14.7 Å². The first kappa shape index (κ1) is 15.0. The minimum atomic E-state index is -1.33. The SMILES string of the molecule is CC(C)(C)c1ccc(OCC(=O)NCC(=O)[O-])cc1.